The average Bonchev–Trinajstić information content (AvgIpc) is 3.01. The van der Waals surface area contributed by atoms with Crippen LogP contribution in [0.25, 0.3) is 0 Å². The molecular formula is C12H18N6O3. The fourth-order valence-corrected chi connectivity index (χ4v) is 2.94. The summed E-state index contributed by atoms with van der Waals surface area (Å²) in [6.07, 6.45) is 2.50. The number of rotatable bonds is 2. The molecule has 1 aromatic heterocycles. The van der Waals surface area contributed by atoms with E-state index < -0.39 is 5.41 Å². The van der Waals surface area contributed by atoms with Crippen LogP contribution < -0.4 is 5.73 Å². The second kappa shape index (κ2) is 5.32. The fraction of sp³-hybridized carbons (Fsp3) is 0.667. The monoisotopic (exact) mass is 294 g/mol. The van der Waals surface area contributed by atoms with Gasteiger partial charge in [-0.2, -0.15) is 0 Å². The number of amidine groups is 1. The number of nitrogens with zero attached hydrogens (tertiary/aromatic N) is 5. The highest BCUT2D eigenvalue weighted by Crippen LogP contribution is 2.34. The van der Waals surface area contributed by atoms with Crippen LogP contribution in [0, 0.1) is 5.41 Å². The minimum atomic E-state index is -0.977. The second-order valence-corrected chi connectivity index (χ2v) is 5.35. The molecule has 114 valence electrons. The van der Waals surface area contributed by atoms with Crippen LogP contribution in [0.2, 0.25) is 0 Å². The van der Waals surface area contributed by atoms with Gasteiger partial charge in [-0.3, -0.25) is 4.79 Å². The van der Waals surface area contributed by atoms with Crippen LogP contribution in [0.1, 0.15) is 18.7 Å². The number of fused-ring (bicyclic) bond motifs is 1. The van der Waals surface area contributed by atoms with Crippen molar-refractivity contribution >= 4 is 11.7 Å². The van der Waals surface area contributed by atoms with Crippen molar-refractivity contribution in [1.82, 2.24) is 19.7 Å². The number of hydrogen-bond donors (Lipinski definition) is 2. The maximum absolute atomic E-state index is 12.9. The molecule has 0 bridgehead atoms. The maximum atomic E-state index is 12.9. The first-order valence-electron chi connectivity index (χ1n) is 6.89. The van der Waals surface area contributed by atoms with Crippen molar-refractivity contribution in [1.29, 1.82) is 0 Å². The second-order valence-electron chi connectivity index (χ2n) is 5.35. The Morgan fingerprint density at radius 1 is 1.43 bits per heavy atom. The molecule has 1 amide bonds. The average molecular weight is 294 g/mol. The summed E-state index contributed by atoms with van der Waals surface area (Å²) in [7, 11) is 0. The van der Waals surface area contributed by atoms with Crippen LogP contribution in [-0.4, -0.2) is 56.4 Å². The van der Waals surface area contributed by atoms with Crippen molar-refractivity contribution in [3.63, 3.8) is 0 Å². The van der Waals surface area contributed by atoms with Crippen molar-refractivity contribution < 1.29 is 14.7 Å². The molecular weight excluding hydrogens is 276 g/mol. The Balaban J connectivity index is 1.85. The number of carbonyl (C=O) groups is 1. The van der Waals surface area contributed by atoms with E-state index in [-0.39, 0.29) is 11.7 Å². The lowest BCUT2D eigenvalue weighted by molar-refractivity contribution is -0.144. The summed E-state index contributed by atoms with van der Waals surface area (Å²) in [5, 5.41) is 20.0. The van der Waals surface area contributed by atoms with Gasteiger partial charge in [0.1, 0.15) is 11.7 Å². The third kappa shape index (κ3) is 2.23. The molecule has 0 saturated carbocycles. The van der Waals surface area contributed by atoms with Crippen molar-refractivity contribution in [2.24, 2.45) is 16.3 Å². The zero-order chi connectivity index (χ0) is 14.9. The number of hydrogen-bond acceptors (Lipinski definition) is 6. The van der Waals surface area contributed by atoms with Gasteiger partial charge in [0.25, 0.3) is 0 Å². The van der Waals surface area contributed by atoms with Gasteiger partial charge >= 0.3 is 0 Å². The molecule has 1 saturated heterocycles. The van der Waals surface area contributed by atoms with E-state index in [1.807, 2.05) is 4.57 Å². The molecule has 1 aromatic rings. The lowest BCUT2D eigenvalue weighted by atomic mass is 9.77. The molecule has 3 N–H and O–H groups in total. The van der Waals surface area contributed by atoms with Crippen LogP contribution >= 0.6 is 0 Å². The van der Waals surface area contributed by atoms with Gasteiger partial charge in [0, 0.05) is 26.3 Å². The van der Waals surface area contributed by atoms with Gasteiger partial charge < -0.3 is 25.1 Å². The molecule has 0 aromatic carbocycles. The van der Waals surface area contributed by atoms with Crippen LogP contribution in [0.15, 0.2) is 11.5 Å². The molecule has 2 aliphatic heterocycles. The first kappa shape index (κ1) is 13.8. The topological polar surface area (TPSA) is 119 Å². The molecule has 0 radical (unpaired) electrons. The van der Waals surface area contributed by atoms with Crippen LogP contribution in [0.3, 0.4) is 0 Å². The molecule has 21 heavy (non-hydrogen) atoms. The third-order valence-electron chi connectivity index (χ3n) is 4.28. The van der Waals surface area contributed by atoms with Crippen LogP contribution in [-0.2, 0) is 22.6 Å². The van der Waals surface area contributed by atoms with Gasteiger partial charge in [-0.05, 0) is 12.8 Å². The molecule has 0 atom stereocenters. The minimum absolute atomic E-state index is 0.0390. The Kier molecular flexibility index (Phi) is 3.50. The normalized spacial score (nSPS) is 21.9. The Bertz CT molecular complexity index is 563. The molecule has 9 nitrogen and oxygen atoms in total. The number of amides is 1. The predicted octanol–water partition coefficient (Wildman–Crippen LogP) is -0.836. The van der Waals surface area contributed by atoms with Crippen LogP contribution in [0.4, 0.5) is 0 Å². The molecule has 3 rings (SSSR count). The molecule has 1 fully saturated rings. The highest BCUT2D eigenvalue weighted by atomic mass is 16.5. The quantitative estimate of drug-likeness (QED) is 0.318. The van der Waals surface area contributed by atoms with Crippen molar-refractivity contribution in [3.8, 4) is 0 Å². The minimum Gasteiger partial charge on any atom is -0.409 e. The largest absolute Gasteiger partial charge is 0.409 e. The van der Waals surface area contributed by atoms with Gasteiger partial charge in [0.2, 0.25) is 5.91 Å². The summed E-state index contributed by atoms with van der Waals surface area (Å²) in [6, 6.07) is 0. The number of aromatic nitrogens is 3. The SMILES string of the molecule is NC(=NO)C1(C(=O)N2CCn3cnnc3C2)CCOCC1. The van der Waals surface area contributed by atoms with E-state index in [1.165, 1.54) is 0 Å². The number of oxime groups is 1. The van der Waals surface area contributed by atoms with Gasteiger partial charge in [-0.25, -0.2) is 0 Å². The van der Waals surface area contributed by atoms with Gasteiger partial charge in [-0.1, -0.05) is 5.16 Å². The molecule has 9 heteroatoms. The molecule has 3 heterocycles. The van der Waals surface area contributed by atoms with E-state index in [1.54, 1.807) is 11.2 Å². The standard InChI is InChI=1S/C12H18N6O3/c13-10(16-20)12(1-5-21-6-2-12)11(19)17-3-4-18-8-14-15-9(18)7-17/h8,20H,1-7H2,(H2,13,16). The molecule has 0 aliphatic carbocycles. The lowest BCUT2D eigenvalue weighted by Gasteiger charge is -2.39. The van der Waals surface area contributed by atoms with Gasteiger partial charge in [-0.15, -0.1) is 10.2 Å². The van der Waals surface area contributed by atoms with E-state index in [4.69, 9.17) is 15.7 Å². The van der Waals surface area contributed by atoms with E-state index in [9.17, 15) is 4.79 Å². The smallest absolute Gasteiger partial charge is 0.237 e. The van der Waals surface area contributed by atoms with E-state index in [0.717, 1.165) is 5.82 Å². The maximum Gasteiger partial charge on any atom is 0.237 e. The molecule has 0 spiro atoms. The summed E-state index contributed by atoms with van der Waals surface area (Å²) < 4.78 is 7.23. The summed E-state index contributed by atoms with van der Waals surface area (Å²) in [5.74, 6) is 0.578. The number of ether oxygens (including phenoxy) is 1. The Labute approximate surface area is 121 Å². The van der Waals surface area contributed by atoms with E-state index >= 15 is 0 Å². The van der Waals surface area contributed by atoms with Crippen LogP contribution in [0.5, 0.6) is 0 Å². The zero-order valence-corrected chi connectivity index (χ0v) is 11.6. The van der Waals surface area contributed by atoms with E-state index in [2.05, 4.69) is 15.4 Å². The van der Waals surface area contributed by atoms with Crippen molar-refractivity contribution in [2.45, 2.75) is 25.9 Å². The van der Waals surface area contributed by atoms with Gasteiger partial charge in [0.15, 0.2) is 11.7 Å². The highest BCUT2D eigenvalue weighted by Gasteiger charge is 2.47. The van der Waals surface area contributed by atoms with Gasteiger partial charge in [0.05, 0.1) is 6.54 Å². The lowest BCUT2D eigenvalue weighted by Crippen LogP contribution is -2.55. The summed E-state index contributed by atoms with van der Waals surface area (Å²) in [6.45, 7) is 2.44. The zero-order valence-electron chi connectivity index (χ0n) is 11.6. The Hall–Kier alpha value is -2.16. The van der Waals surface area contributed by atoms with E-state index in [0.29, 0.717) is 45.7 Å². The Morgan fingerprint density at radius 2 is 2.19 bits per heavy atom. The first-order valence-corrected chi connectivity index (χ1v) is 6.89. The van der Waals surface area contributed by atoms with Crippen molar-refractivity contribution in [3.05, 3.63) is 12.2 Å². The molecule has 2 aliphatic rings. The molecule has 0 unspecified atom stereocenters. The summed E-state index contributed by atoms with van der Waals surface area (Å²) in [5.41, 5.74) is 4.85. The number of carbonyl (C=O) groups excluding carboxylic acids is 1. The third-order valence-corrected chi connectivity index (χ3v) is 4.28. The summed E-state index contributed by atoms with van der Waals surface area (Å²) >= 11 is 0. The number of nitrogens with two attached hydrogens (primary N) is 1. The summed E-state index contributed by atoms with van der Waals surface area (Å²) in [4.78, 5) is 14.6. The Morgan fingerprint density at radius 3 is 2.90 bits per heavy atom. The van der Waals surface area contributed by atoms with Crippen molar-refractivity contribution in [2.75, 3.05) is 19.8 Å². The first-order chi connectivity index (χ1) is 10.2. The highest BCUT2D eigenvalue weighted by molar-refractivity contribution is 6.06. The predicted molar refractivity (Wildman–Crippen MR) is 71.3 cm³/mol. The fourth-order valence-electron chi connectivity index (χ4n) is 2.94.